The van der Waals surface area contributed by atoms with E-state index in [-0.39, 0.29) is 29.9 Å². The fourth-order valence-corrected chi connectivity index (χ4v) is 2.56. The van der Waals surface area contributed by atoms with E-state index in [1.54, 1.807) is 6.07 Å². The Kier molecular flexibility index (Phi) is 9.05. The number of aryl methyl sites for hydroxylation is 1. The average Bonchev–Trinajstić information content (AvgIpc) is 2.77. The number of nitrogens with two attached hydrogens (primary N) is 1. The lowest BCUT2D eigenvalue weighted by Gasteiger charge is -2.21. The van der Waals surface area contributed by atoms with Gasteiger partial charge in [-0.15, -0.1) is 24.0 Å². The zero-order valence-electron chi connectivity index (χ0n) is 13.7. The smallest absolute Gasteiger partial charge is 0.287 e. The molecule has 2 rings (SSSR count). The Bertz CT molecular complexity index is 508. The SMILES string of the molecule is Cc1ccoc1C(=O)NCCCN=C(N)N1CCCCCC1.I. The second kappa shape index (κ2) is 10.5. The molecule has 1 aromatic heterocycles. The summed E-state index contributed by atoms with van der Waals surface area (Å²) in [6, 6.07) is 1.78. The molecule has 1 amide bonds. The maximum absolute atomic E-state index is 11.8. The van der Waals surface area contributed by atoms with Crippen LogP contribution < -0.4 is 11.1 Å². The number of nitrogens with one attached hydrogen (secondary N) is 1. The predicted molar refractivity (Wildman–Crippen MR) is 102 cm³/mol. The lowest BCUT2D eigenvalue weighted by atomic mass is 10.2. The monoisotopic (exact) mass is 434 g/mol. The van der Waals surface area contributed by atoms with Gasteiger partial charge in [0, 0.05) is 31.7 Å². The van der Waals surface area contributed by atoms with Crippen molar-refractivity contribution in [2.45, 2.75) is 39.0 Å². The van der Waals surface area contributed by atoms with Crippen LogP contribution in [0.2, 0.25) is 0 Å². The van der Waals surface area contributed by atoms with Gasteiger partial charge in [-0.2, -0.15) is 0 Å². The normalized spacial score (nSPS) is 15.7. The lowest BCUT2D eigenvalue weighted by molar-refractivity contribution is 0.0925. The Hall–Kier alpha value is -1.25. The highest BCUT2D eigenvalue weighted by molar-refractivity contribution is 14.0. The van der Waals surface area contributed by atoms with E-state index in [2.05, 4.69) is 15.2 Å². The number of nitrogens with zero attached hydrogens (tertiary/aromatic N) is 2. The minimum Gasteiger partial charge on any atom is -0.459 e. The predicted octanol–water partition coefficient (Wildman–Crippen LogP) is 2.52. The van der Waals surface area contributed by atoms with Crippen molar-refractivity contribution < 1.29 is 9.21 Å². The molecule has 0 saturated carbocycles. The number of carbonyl (C=O) groups excluding carboxylic acids is 1. The van der Waals surface area contributed by atoms with E-state index < -0.39 is 0 Å². The van der Waals surface area contributed by atoms with Crippen LogP contribution in [0.25, 0.3) is 0 Å². The molecule has 0 aliphatic carbocycles. The number of furan rings is 1. The van der Waals surface area contributed by atoms with Crippen molar-refractivity contribution in [3.63, 3.8) is 0 Å². The molecule has 130 valence electrons. The quantitative estimate of drug-likeness (QED) is 0.323. The Morgan fingerprint density at radius 2 is 2.04 bits per heavy atom. The highest BCUT2D eigenvalue weighted by atomic mass is 127. The summed E-state index contributed by atoms with van der Waals surface area (Å²) in [4.78, 5) is 18.4. The summed E-state index contributed by atoms with van der Waals surface area (Å²) < 4.78 is 5.15. The van der Waals surface area contributed by atoms with Gasteiger partial charge in [0.1, 0.15) is 0 Å². The number of rotatable bonds is 5. The van der Waals surface area contributed by atoms with E-state index >= 15 is 0 Å². The molecule has 3 N–H and O–H groups in total. The number of hydrogen-bond donors (Lipinski definition) is 2. The van der Waals surface area contributed by atoms with Gasteiger partial charge in [0.2, 0.25) is 0 Å². The zero-order valence-corrected chi connectivity index (χ0v) is 16.0. The molecule has 6 nitrogen and oxygen atoms in total. The topological polar surface area (TPSA) is 83.9 Å². The molecule has 1 fully saturated rings. The van der Waals surface area contributed by atoms with Gasteiger partial charge in [0.25, 0.3) is 5.91 Å². The van der Waals surface area contributed by atoms with Crippen molar-refractivity contribution >= 4 is 35.8 Å². The van der Waals surface area contributed by atoms with E-state index in [0.717, 1.165) is 25.1 Å². The van der Waals surface area contributed by atoms with E-state index in [9.17, 15) is 4.79 Å². The number of guanidine groups is 1. The maximum atomic E-state index is 11.8. The number of halogens is 1. The van der Waals surface area contributed by atoms with Crippen LogP contribution in [-0.2, 0) is 0 Å². The zero-order chi connectivity index (χ0) is 15.8. The summed E-state index contributed by atoms with van der Waals surface area (Å²) >= 11 is 0. The summed E-state index contributed by atoms with van der Waals surface area (Å²) in [6.45, 7) is 5.05. The Balaban J connectivity index is 0.00000264. The fraction of sp³-hybridized carbons (Fsp3) is 0.625. The summed E-state index contributed by atoms with van der Waals surface area (Å²) in [7, 11) is 0. The number of amides is 1. The number of aliphatic imine (C=N–C) groups is 1. The molecule has 23 heavy (non-hydrogen) atoms. The molecule has 0 bridgehead atoms. The van der Waals surface area contributed by atoms with Crippen molar-refractivity contribution in [2.75, 3.05) is 26.2 Å². The van der Waals surface area contributed by atoms with Crippen molar-refractivity contribution in [3.8, 4) is 0 Å². The van der Waals surface area contributed by atoms with Gasteiger partial charge in [0.05, 0.1) is 6.26 Å². The van der Waals surface area contributed by atoms with E-state index in [1.807, 2.05) is 6.92 Å². The van der Waals surface area contributed by atoms with Gasteiger partial charge in [0.15, 0.2) is 11.7 Å². The van der Waals surface area contributed by atoms with E-state index in [0.29, 0.717) is 24.8 Å². The number of hydrogen-bond acceptors (Lipinski definition) is 3. The van der Waals surface area contributed by atoms with Crippen LogP contribution in [0, 0.1) is 6.92 Å². The number of likely N-dealkylation sites (tertiary alicyclic amines) is 1. The molecule has 1 aliphatic heterocycles. The van der Waals surface area contributed by atoms with Crippen LogP contribution in [-0.4, -0.2) is 42.9 Å². The van der Waals surface area contributed by atoms with Crippen LogP contribution in [0.3, 0.4) is 0 Å². The van der Waals surface area contributed by atoms with Crippen molar-refractivity contribution in [3.05, 3.63) is 23.7 Å². The first kappa shape index (κ1) is 19.8. The second-order valence-corrected chi connectivity index (χ2v) is 5.68. The van der Waals surface area contributed by atoms with Crippen LogP contribution in [0.5, 0.6) is 0 Å². The van der Waals surface area contributed by atoms with Crippen molar-refractivity contribution in [1.82, 2.24) is 10.2 Å². The van der Waals surface area contributed by atoms with Gasteiger partial charge < -0.3 is 20.4 Å². The fourth-order valence-electron chi connectivity index (χ4n) is 2.56. The highest BCUT2D eigenvalue weighted by Gasteiger charge is 2.12. The highest BCUT2D eigenvalue weighted by Crippen LogP contribution is 2.09. The summed E-state index contributed by atoms with van der Waals surface area (Å²) in [6.07, 6.45) is 7.23. The van der Waals surface area contributed by atoms with E-state index in [1.165, 1.54) is 31.9 Å². The summed E-state index contributed by atoms with van der Waals surface area (Å²) in [5.41, 5.74) is 6.88. The molecule has 0 spiro atoms. The third kappa shape index (κ3) is 6.40. The molecule has 7 heteroatoms. The molecular weight excluding hydrogens is 407 g/mol. The van der Waals surface area contributed by atoms with E-state index in [4.69, 9.17) is 10.2 Å². The standard InChI is InChI=1S/C16H26N4O2.HI/c1-13-7-12-22-14(13)15(21)18-8-6-9-19-16(17)20-10-4-2-3-5-11-20;/h7,12H,2-6,8-11H2,1H3,(H2,17,19)(H,18,21);1H. The number of carbonyl (C=O) groups is 1. The first-order valence-corrected chi connectivity index (χ1v) is 8.05. The minimum absolute atomic E-state index is 0. The molecular formula is C16H27IN4O2. The largest absolute Gasteiger partial charge is 0.459 e. The Labute approximate surface area is 154 Å². The molecule has 0 unspecified atom stereocenters. The van der Waals surface area contributed by atoms with Crippen LogP contribution in [0.4, 0.5) is 0 Å². The molecule has 2 heterocycles. The van der Waals surface area contributed by atoms with Crippen molar-refractivity contribution in [1.29, 1.82) is 0 Å². The van der Waals surface area contributed by atoms with Crippen LogP contribution >= 0.6 is 24.0 Å². The lowest BCUT2D eigenvalue weighted by Crippen LogP contribution is -2.38. The third-order valence-corrected chi connectivity index (χ3v) is 3.89. The third-order valence-electron chi connectivity index (χ3n) is 3.89. The first-order valence-electron chi connectivity index (χ1n) is 8.05. The molecule has 1 aromatic rings. The van der Waals surface area contributed by atoms with Gasteiger partial charge >= 0.3 is 0 Å². The summed E-state index contributed by atoms with van der Waals surface area (Å²) in [5.74, 6) is 0.842. The van der Waals surface area contributed by atoms with Gasteiger partial charge in [-0.05, 0) is 32.3 Å². The van der Waals surface area contributed by atoms with Crippen LogP contribution in [0.15, 0.2) is 21.7 Å². The van der Waals surface area contributed by atoms with Crippen LogP contribution in [0.1, 0.15) is 48.2 Å². The molecule has 0 aromatic carbocycles. The minimum atomic E-state index is -0.174. The van der Waals surface area contributed by atoms with Gasteiger partial charge in [-0.1, -0.05) is 12.8 Å². The molecule has 0 radical (unpaired) electrons. The average molecular weight is 434 g/mol. The Morgan fingerprint density at radius 3 is 2.65 bits per heavy atom. The molecule has 1 saturated heterocycles. The Morgan fingerprint density at radius 1 is 1.35 bits per heavy atom. The molecule has 1 aliphatic rings. The van der Waals surface area contributed by atoms with Crippen molar-refractivity contribution in [2.24, 2.45) is 10.7 Å². The van der Waals surface area contributed by atoms with Gasteiger partial charge in [-0.3, -0.25) is 9.79 Å². The summed E-state index contributed by atoms with van der Waals surface area (Å²) in [5, 5.41) is 2.83. The van der Waals surface area contributed by atoms with Gasteiger partial charge in [-0.25, -0.2) is 0 Å². The molecule has 0 atom stereocenters. The second-order valence-electron chi connectivity index (χ2n) is 5.68. The first-order chi connectivity index (χ1) is 10.7. The maximum Gasteiger partial charge on any atom is 0.287 e.